The van der Waals surface area contributed by atoms with Gasteiger partial charge in [0.1, 0.15) is 11.5 Å². The van der Waals surface area contributed by atoms with Crippen LogP contribution in [0.2, 0.25) is 0 Å². The van der Waals surface area contributed by atoms with Gasteiger partial charge in [-0.2, -0.15) is 0 Å². The van der Waals surface area contributed by atoms with Crippen molar-refractivity contribution < 1.29 is 19.8 Å². The number of hydrogen-bond donors (Lipinski definition) is 2. The van der Waals surface area contributed by atoms with Crippen LogP contribution in [0.5, 0.6) is 0 Å². The predicted molar refractivity (Wildman–Crippen MR) is 194 cm³/mol. The van der Waals surface area contributed by atoms with Gasteiger partial charge in [0.05, 0.1) is 0 Å². The SMILES string of the molecule is O=C(/C=C(/O)c1ccccc1)c1ccc(CCCCCCCCCCCCCc2ccc(C(=O)/C=C(/O)c3ccccc3)cc2)cc1. The van der Waals surface area contributed by atoms with Crippen LogP contribution in [0.4, 0.5) is 0 Å². The van der Waals surface area contributed by atoms with Crippen LogP contribution in [0.15, 0.2) is 121 Å². The van der Waals surface area contributed by atoms with E-state index in [0.29, 0.717) is 22.3 Å². The Balaban J connectivity index is 0.983. The van der Waals surface area contributed by atoms with Crippen molar-refractivity contribution in [3.8, 4) is 0 Å². The molecule has 0 spiro atoms. The summed E-state index contributed by atoms with van der Waals surface area (Å²) in [6.07, 6.45) is 18.5. The molecule has 0 bridgehead atoms. The molecular formula is C43H48O4. The van der Waals surface area contributed by atoms with E-state index in [1.807, 2.05) is 84.9 Å². The molecule has 47 heavy (non-hydrogen) atoms. The van der Waals surface area contributed by atoms with Crippen molar-refractivity contribution in [3.05, 3.63) is 155 Å². The van der Waals surface area contributed by atoms with Crippen molar-refractivity contribution in [2.75, 3.05) is 0 Å². The number of benzene rings is 4. The minimum Gasteiger partial charge on any atom is -0.507 e. The molecule has 4 aromatic carbocycles. The highest BCUT2D eigenvalue weighted by Crippen LogP contribution is 2.17. The van der Waals surface area contributed by atoms with Crippen LogP contribution < -0.4 is 0 Å². The molecule has 0 radical (unpaired) electrons. The van der Waals surface area contributed by atoms with Gasteiger partial charge in [0.2, 0.25) is 0 Å². The number of aliphatic hydroxyl groups excluding tert-OH is 2. The first-order valence-electron chi connectivity index (χ1n) is 17.2. The largest absolute Gasteiger partial charge is 0.507 e. The maximum Gasteiger partial charge on any atom is 0.189 e. The third-order valence-electron chi connectivity index (χ3n) is 8.58. The highest BCUT2D eigenvalue weighted by Gasteiger charge is 2.08. The van der Waals surface area contributed by atoms with Crippen LogP contribution in [0.3, 0.4) is 0 Å². The number of carbonyl (C=O) groups is 2. The molecule has 244 valence electrons. The molecule has 0 aliphatic carbocycles. The Hall–Kier alpha value is -4.70. The Kier molecular flexibility index (Phi) is 14.8. The second-order valence-electron chi connectivity index (χ2n) is 12.3. The average molecular weight is 629 g/mol. The minimum atomic E-state index is -0.189. The van der Waals surface area contributed by atoms with Crippen molar-refractivity contribution >= 4 is 23.1 Å². The number of unbranched alkanes of at least 4 members (excludes halogenated alkanes) is 10. The quantitative estimate of drug-likeness (QED) is 0.0442. The van der Waals surface area contributed by atoms with Gasteiger partial charge in [-0.25, -0.2) is 0 Å². The molecular weight excluding hydrogens is 580 g/mol. The normalized spacial score (nSPS) is 11.8. The lowest BCUT2D eigenvalue weighted by Gasteiger charge is -2.05. The minimum absolute atomic E-state index is 0.0120. The van der Waals surface area contributed by atoms with E-state index in [0.717, 1.165) is 25.7 Å². The van der Waals surface area contributed by atoms with Gasteiger partial charge in [-0.1, -0.05) is 167 Å². The zero-order chi connectivity index (χ0) is 33.1. The van der Waals surface area contributed by atoms with Gasteiger partial charge in [0, 0.05) is 34.4 Å². The molecule has 0 aliphatic rings. The van der Waals surface area contributed by atoms with E-state index in [1.54, 1.807) is 24.3 Å². The summed E-state index contributed by atoms with van der Waals surface area (Å²) < 4.78 is 0. The van der Waals surface area contributed by atoms with Gasteiger partial charge in [-0.15, -0.1) is 0 Å². The highest BCUT2D eigenvalue weighted by molar-refractivity contribution is 6.08. The lowest BCUT2D eigenvalue weighted by atomic mass is 10.0. The van der Waals surface area contributed by atoms with Crippen LogP contribution >= 0.6 is 0 Å². The van der Waals surface area contributed by atoms with Gasteiger partial charge in [-0.3, -0.25) is 9.59 Å². The molecule has 0 unspecified atom stereocenters. The van der Waals surface area contributed by atoms with Gasteiger partial charge in [0.15, 0.2) is 11.6 Å². The number of carbonyl (C=O) groups excluding carboxylic acids is 2. The molecule has 0 aliphatic heterocycles. The molecule has 4 heteroatoms. The van der Waals surface area contributed by atoms with E-state index < -0.39 is 0 Å². The molecule has 0 fully saturated rings. The molecule has 0 saturated carbocycles. The number of aryl methyl sites for hydroxylation is 2. The fourth-order valence-electron chi connectivity index (χ4n) is 5.72. The fraction of sp³-hybridized carbons (Fsp3) is 0.302. The number of allylic oxidation sites excluding steroid dienone is 2. The second-order valence-corrected chi connectivity index (χ2v) is 12.3. The first-order valence-corrected chi connectivity index (χ1v) is 17.2. The third-order valence-corrected chi connectivity index (χ3v) is 8.58. The first kappa shape index (κ1) is 35.2. The zero-order valence-electron chi connectivity index (χ0n) is 27.5. The topological polar surface area (TPSA) is 74.6 Å². The van der Waals surface area contributed by atoms with Crippen LogP contribution in [0.1, 0.15) is 114 Å². The maximum absolute atomic E-state index is 12.5. The molecule has 0 amide bonds. The summed E-state index contributed by atoms with van der Waals surface area (Å²) in [7, 11) is 0. The predicted octanol–water partition coefficient (Wildman–Crippen LogP) is 11.3. The lowest BCUT2D eigenvalue weighted by molar-refractivity contribution is 0.103. The third kappa shape index (κ3) is 12.5. The Morgan fingerprint density at radius 1 is 0.383 bits per heavy atom. The van der Waals surface area contributed by atoms with Gasteiger partial charge < -0.3 is 10.2 Å². The van der Waals surface area contributed by atoms with Crippen LogP contribution in [0, 0.1) is 0 Å². The number of aliphatic hydroxyl groups is 2. The lowest BCUT2D eigenvalue weighted by Crippen LogP contribution is -1.97. The van der Waals surface area contributed by atoms with E-state index in [4.69, 9.17) is 0 Å². The standard InChI is InChI=1S/C43H48O4/c44-40(36-20-14-10-15-21-36)32-42(46)38-28-24-34(25-29-38)18-12-8-6-4-2-1-3-5-7-9-13-19-35-26-30-39(31-27-35)43(47)33-41(45)37-22-16-11-17-23-37/h10-11,14-17,20-33,44-45H,1-9,12-13,18-19H2/b40-32+,41-33+. The van der Waals surface area contributed by atoms with E-state index in [1.165, 1.54) is 81.1 Å². The van der Waals surface area contributed by atoms with E-state index >= 15 is 0 Å². The summed E-state index contributed by atoms with van der Waals surface area (Å²) in [6, 6.07) is 33.7. The summed E-state index contributed by atoms with van der Waals surface area (Å²) in [5.74, 6) is -0.402. The fourth-order valence-corrected chi connectivity index (χ4v) is 5.72. The summed E-state index contributed by atoms with van der Waals surface area (Å²) in [5.41, 5.74) is 4.95. The van der Waals surface area contributed by atoms with E-state index in [-0.39, 0.29) is 23.1 Å². The first-order chi connectivity index (χ1) is 23.0. The summed E-state index contributed by atoms with van der Waals surface area (Å²) in [4.78, 5) is 25.0. The Labute approximate surface area is 280 Å². The van der Waals surface area contributed by atoms with Gasteiger partial charge in [0.25, 0.3) is 0 Å². The molecule has 2 N–H and O–H groups in total. The smallest absolute Gasteiger partial charge is 0.189 e. The zero-order valence-corrected chi connectivity index (χ0v) is 27.5. The Morgan fingerprint density at radius 2 is 0.681 bits per heavy atom. The molecule has 0 atom stereocenters. The highest BCUT2D eigenvalue weighted by atomic mass is 16.3. The van der Waals surface area contributed by atoms with Crippen LogP contribution in [-0.2, 0) is 12.8 Å². The Bertz CT molecular complexity index is 1450. The molecule has 4 nitrogen and oxygen atoms in total. The van der Waals surface area contributed by atoms with Crippen LogP contribution in [-0.4, -0.2) is 21.8 Å². The second kappa shape index (κ2) is 19.7. The number of ketones is 2. The summed E-state index contributed by atoms with van der Waals surface area (Å²) >= 11 is 0. The van der Waals surface area contributed by atoms with E-state index in [2.05, 4.69) is 0 Å². The van der Waals surface area contributed by atoms with Crippen LogP contribution in [0.25, 0.3) is 11.5 Å². The summed E-state index contributed by atoms with van der Waals surface area (Å²) in [6.45, 7) is 0. The van der Waals surface area contributed by atoms with Crippen molar-refractivity contribution in [2.45, 2.75) is 83.5 Å². The van der Waals surface area contributed by atoms with Crippen molar-refractivity contribution in [3.63, 3.8) is 0 Å². The average Bonchev–Trinajstić information content (AvgIpc) is 3.11. The van der Waals surface area contributed by atoms with E-state index in [9.17, 15) is 19.8 Å². The van der Waals surface area contributed by atoms with Crippen molar-refractivity contribution in [2.24, 2.45) is 0 Å². The number of hydrogen-bond acceptors (Lipinski definition) is 4. The molecule has 0 aromatic heterocycles. The Morgan fingerprint density at radius 3 is 1.00 bits per heavy atom. The summed E-state index contributed by atoms with van der Waals surface area (Å²) in [5, 5.41) is 20.4. The molecule has 4 aromatic rings. The van der Waals surface area contributed by atoms with Crippen molar-refractivity contribution in [1.82, 2.24) is 0 Å². The maximum atomic E-state index is 12.5. The number of rotatable bonds is 20. The molecule has 0 heterocycles. The molecule has 4 rings (SSSR count). The monoisotopic (exact) mass is 628 g/mol. The van der Waals surface area contributed by atoms with Crippen molar-refractivity contribution in [1.29, 1.82) is 0 Å². The van der Waals surface area contributed by atoms with Gasteiger partial charge in [-0.05, 0) is 36.8 Å². The molecule has 0 saturated heterocycles. The van der Waals surface area contributed by atoms with Gasteiger partial charge >= 0.3 is 0 Å².